The van der Waals surface area contributed by atoms with Crippen LogP contribution in [0.5, 0.6) is 0 Å². The minimum absolute atomic E-state index is 0.0184. The van der Waals surface area contributed by atoms with E-state index in [9.17, 15) is 9.18 Å². The number of benzene rings is 2. The Kier molecular flexibility index (Phi) is 4.78. The van der Waals surface area contributed by atoms with Crippen LogP contribution in [0.15, 0.2) is 48.5 Å². The number of hydrogen-bond acceptors (Lipinski definition) is 2. The van der Waals surface area contributed by atoms with Crippen molar-refractivity contribution in [3.05, 3.63) is 71.0 Å². The average molecular weight is 394 g/mol. The summed E-state index contributed by atoms with van der Waals surface area (Å²) >= 11 is 0. The van der Waals surface area contributed by atoms with Crippen molar-refractivity contribution < 1.29 is 9.18 Å². The number of urea groups is 1. The smallest absolute Gasteiger partial charge is 0.318 e. The first kappa shape index (κ1) is 18.6. The van der Waals surface area contributed by atoms with Crippen LogP contribution in [0.1, 0.15) is 48.4 Å². The van der Waals surface area contributed by atoms with Crippen LogP contribution in [0, 0.1) is 11.7 Å². The average Bonchev–Trinajstić information content (AvgIpc) is 3.55. The third-order valence-electron chi connectivity index (χ3n) is 7.00. The lowest BCUT2D eigenvalue weighted by molar-refractivity contribution is 0.164. The molecule has 3 aliphatic rings. The van der Waals surface area contributed by atoms with Crippen molar-refractivity contribution in [1.29, 1.82) is 0 Å². The molecule has 29 heavy (non-hydrogen) atoms. The minimum atomic E-state index is -0.253. The third-order valence-corrected chi connectivity index (χ3v) is 7.00. The van der Waals surface area contributed by atoms with Gasteiger partial charge < -0.3 is 15.5 Å². The molecule has 0 unspecified atom stereocenters. The molecule has 0 aromatic heterocycles. The van der Waals surface area contributed by atoms with E-state index in [0.29, 0.717) is 12.5 Å². The summed E-state index contributed by atoms with van der Waals surface area (Å²) in [6.07, 6.45) is 5.26. The van der Waals surface area contributed by atoms with Crippen LogP contribution < -0.4 is 10.6 Å². The molecule has 4 nitrogen and oxygen atoms in total. The normalized spacial score (nSPS) is 23.3. The van der Waals surface area contributed by atoms with Crippen LogP contribution in [-0.2, 0) is 6.42 Å². The van der Waals surface area contributed by atoms with E-state index in [4.69, 9.17) is 0 Å². The molecule has 2 fully saturated rings. The maximum absolute atomic E-state index is 13.5. The number of nitrogens with one attached hydrogen (secondary N) is 2. The Morgan fingerprint density at radius 2 is 1.79 bits per heavy atom. The molecule has 0 bridgehead atoms. The van der Waals surface area contributed by atoms with E-state index in [1.807, 2.05) is 29.2 Å². The van der Waals surface area contributed by atoms with Crippen LogP contribution in [0.2, 0.25) is 0 Å². The SMILES string of the molecule is O=C(NC1(C2CCNCC2)CC1)N1CCc2ccccc2[C@@H]1c1ccc(F)cc1. The highest BCUT2D eigenvalue weighted by atomic mass is 19.1. The van der Waals surface area contributed by atoms with Gasteiger partial charge in [-0.15, -0.1) is 0 Å². The van der Waals surface area contributed by atoms with Gasteiger partial charge in [-0.25, -0.2) is 9.18 Å². The molecule has 1 saturated heterocycles. The lowest BCUT2D eigenvalue weighted by Crippen LogP contribution is -2.53. The molecule has 2 aliphatic heterocycles. The molecule has 0 spiro atoms. The fraction of sp³-hybridized carbons (Fsp3) is 0.458. The van der Waals surface area contributed by atoms with Gasteiger partial charge >= 0.3 is 6.03 Å². The first-order chi connectivity index (χ1) is 14.2. The lowest BCUT2D eigenvalue weighted by Gasteiger charge is -2.40. The highest BCUT2D eigenvalue weighted by Gasteiger charge is 2.51. The van der Waals surface area contributed by atoms with Gasteiger partial charge in [0.2, 0.25) is 0 Å². The molecule has 1 aliphatic carbocycles. The standard InChI is InChI=1S/C24H28FN3O/c25-20-7-5-18(6-8-20)22-21-4-2-1-3-17(21)11-16-28(22)23(29)27-24(12-13-24)19-9-14-26-15-10-19/h1-8,19,22,26H,9-16H2,(H,27,29)/t22-/m0/s1. The quantitative estimate of drug-likeness (QED) is 0.827. The second kappa shape index (κ2) is 7.45. The maximum atomic E-state index is 13.5. The Bertz CT molecular complexity index is 887. The van der Waals surface area contributed by atoms with E-state index >= 15 is 0 Å². The Labute approximate surface area is 171 Å². The maximum Gasteiger partial charge on any atom is 0.318 e. The molecule has 2 aromatic carbocycles. The molecule has 2 heterocycles. The zero-order valence-corrected chi connectivity index (χ0v) is 16.7. The summed E-state index contributed by atoms with van der Waals surface area (Å²) in [6.45, 7) is 2.75. The van der Waals surface area contributed by atoms with Gasteiger partial charge in [0.05, 0.1) is 6.04 Å². The number of hydrogen-bond donors (Lipinski definition) is 2. The number of nitrogens with zero attached hydrogens (tertiary/aromatic N) is 1. The third kappa shape index (κ3) is 3.52. The van der Waals surface area contributed by atoms with Gasteiger partial charge in [0.15, 0.2) is 0 Å². The summed E-state index contributed by atoms with van der Waals surface area (Å²) in [7, 11) is 0. The van der Waals surface area contributed by atoms with E-state index in [2.05, 4.69) is 22.8 Å². The first-order valence-corrected chi connectivity index (χ1v) is 10.8. The number of fused-ring (bicyclic) bond motifs is 1. The van der Waals surface area contributed by atoms with E-state index < -0.39 is 0 Å². The molecule has 5 rings (SSSR count). The molecular weight excluding hydrogens is 365 g/mol. The summed E-state index contributed by atoms with van der Waals surface area (Å²) in [5, 5.41) is 6.86. The van der Waals surface area contributed by atoms with Crippen LogP contribution in [-0.4, -0.2) is 36.1 Å². The largest absolute Gasteiger partial charge is 0.332 e. The van der Waals surface area contributed by atoms with Gasteiger partial charge in [-0.1, -0.05) is 36.4 Å². The number of carbonyl (C=O) groups excluding carboxylic acids is 1. The van der Waals surface area contributed by atoms with Crippen molar-refractivity contribution in [1.82, 2.24) is 15.5 Å². The van der Waals surface area contributed by atoms with E-state index in [1.54, 1.807) is 0 Å². The zero-order valence-electron chi connectivity index (χ0n) is 16.7. The van der Waals surface area contributed by atoms with Crippen LogP contribution >= 0.6 is 0 Å². The van der Waals surface area contributed by atoms with Gasteiger partial charge in [-0.05, 0) is 79.9 Å². The number of carbonyl (C=O) groups is 1. The number of piperidine rings is 1. The monoisotopic (exact) mass is 393 g/mol. The van der Waals surface area contributed by atoms with Crippen molar-refractivity contribution in [2.45, 2.75) is 43.7 Å². The molecule has 152 valence electrons. The number of halogens is 1. The molecule has 2 N–H and O–H groups in total. The molecule has 1 atom stereocenters. The predicted octanol–water partition coefficient (Wildman–Crippen LogP) is 4.02. The number of amides is 2. The first-order valence-electron chi connectivity index (χ1n) is 10.8. The summed E-state index contributed by atoms with van der Waals surface area (Å²) in [5.41, 5.74) is 3.35. The molecule has 1 saturated carbocycles. The number of rotatable bonds is 3. The summed E-state index contributed by atoms with van der Waals surface area (Å²) < 4.78 is 13.5. The van der Waals surface area contributed by atoms with E-state index in [0.717, 1.165) is 56.3 Å². The van der Waals surface area contributed by atoms with E-state index in [1.165, 1.54) is 17.7 Å². The predicted molar refractivity (Wildman–Crippen MR) is 111 cm³/mol. The Morgan fingerprint density at radius 3 is 2.52 bits per heavy atom. The Morgan fingerprint density at radius 1 is 1.07 bits per heavy atom. The van der Waals surface area contributed by atoms with E-state index in [-0.39, 0.29) is 23.4 Å². The highest BCUT2D eigenvalue weighted by molar-refractivity contribution is 5.77. The Hall–Kier alpha value is -2.40. The summed E-state index contributed by atoms with van der Waals surface area (Å²) in [6, 6.07) is 14.7. The van der Waals surface area contributed by atoms with Gasteiger partial charge in [0.25, 0.3) is 0 Å². The van der Waals surface area contributed by atoms with Crippen molar-refractivity contribution in [3.63, 3.8) is 0 Å². The molecule has 2 amide bonds. The molecule has 5 heteroatoms. The fourth-order valence-corrected chi connectivity index (χ4v) is 5.22. The summed E-state index contributed by atoms with van der Waals surface area (Å²) in [4.78, 5) is 15.4. The zero-order chi connectivity index (χ0) is 19.8. The fourth-order valence-electron chi connectivity index (χ4n) is 5.22. The lowest BCUT2D eigenvalue weighted by atomic mass is 9.87. The molecule has 2 aromatic rings. The van der Waals surface area contributed by atoms with Crippen LogP contribution in [0.3, 0.4) is 0 Å². The molecule has 0 radical (unpaired) electrons. The van der Waals surface area contributed by atoms with Crippen molar-refractivity contribution in [2.75, 3.05) is 19.6 Å². The highest BCUT2D eigenvalue weighted by Crippen LogP contribution is 2.46. The van der Waals surface area contributed by atoms with Crippen molar-refractivity contribution in [2.24, 2.45) is 5.92 Å². The van der Waals surface area contributed by atoms with Crippen LogP contribution in [0.25, 0.3) is 0 Å². The van der Waals surface area contributed by atoms with Gasteiger partial charge in [0, 0.05) is 12.1 Å². The van der Waals surface area contributed by atoms with Crippen molar-refractivity contribution in [3.8, 4) is 0 Å². The second-order valence-electron chi connectivity index (χ2n) is 8.71. The van der Waals surface area contributed by atoms with Crippen LogP contribution in [0.4, 0.5) is 9.18 Å². The Balaban J connectivity index is 1.43. The minimum Gasteiger partial charge on any atom is -0.332 e. The van der Waals surface area contributed by atoms with Crippen molar-refractivity contribution >= 4 is 6.03 Å². The van der Waals surface area contributed by atoms with Gasteiger partial charge in [0.1, 0.15) is 5.82 Å². The molecular formula is C24H28FN3O. The second-order valence-corrected chi connectivity index (χ2v) is 8.71. The summed E-state index contributed by atoms with van der Waals surface area (Å²) in [5.74, 6) is 0.311. The topological polar surface area (TPSA) is 44.4 Å². The van der Waals surface area contributed by atoms with Gasteiger partial charge in [-0.3, -0.25) is 0 Å². The van der Waals surface area contributed by atoms with Gasteiger partial charge in [-0.2, -0.15) is 0 Å².